The number of hydrogen-bond acceptors (Lipinski definition) is 5. The zero-order valence-corrected chi connectivity index (χ0v) is 10.2. The van der Waals surface area contributed by atoms with Crippen LogP contribution in [-0.4, -0.2) is 33.3 Å². The monoisotopic (exact) mass is 240 g/mol. The molecule has 1 saturated carbocycles. The van der Waals surface area contributed by atoms with Gasteiger partial charge >= 0.3 is 0 Å². The average molecular weight is 240 g/mol. The summed E-state index contributed by atoms with van der Waals surface area (Å²) in [5.41, 5.74) is 3.52. The lowest BCUT2D eigenvalue weighted by Gasteiger charge is -2.36. The first-order chi connectivity index (χ1) is 7.88. The number of rotatable bonds is 2. The molecule has 0 aromatic carbocycles. The van der Waals surface area contributed by atoms with Crippen molar-refractivity contribution in [1.29, 1.82) is 0 Å². The predicted molar refractivity (Wildman–Crippen MR) is 62.0 cm³/mol. The molecule has 1 aliphatic heterocycles. The summed E-state index contributed by atoms with van der Waals surface area (Å²) in [6.45, 7) is 0.512. The van der Waals surface area contributed by atoms with E-state index in [1.807, 2.05) is 16.4 Å². The Morgan fingerprint density at radius 3 is 3.19 bits per heavy atom. The molecule has 0 radical (unpaired) electrons. The standard InChI is InChI=1S/C10H16N4OS/c1-15-6-9-11-12-10-14(9)13-7-4-2-3-5-8(7)16-10/h7-8,13H,2-6H2,1H3. The van der Waals surface area contributed by atoms with Crippen molar-refractivity contribution in [3.05, 3.63) is 5.82 Å². The molecule has 0 bridgehead atoms. The molecule has 1 aromatic heterocycles. The number of nitrogens with zero attached hydrogens (tertiary/aromatic N) is 3. The fourth-order valence-corrected chi connectivity index (χ4v) is 3.68. The number of hydrogen-bond donors (Lipinski definition) is 1. The number of methoxy groups -OCH3 is 1. The van der Waals surface area contributed by atoms with E-state index < -0.39 is 0 Å². The summed E-state index contributed by atoms with van der Waals surface area (Å²) < 4.78 is 7.12. The van der Waals surface area contributed by atoms with E-state index in [2.05, 4.69) is 15.6 Å². The van der Waals surface area contributed by atoms with Crippen LogP contribution in [0.1, 0.15) is 31.5 Å². The Morgan fingerprint density at radius 1 is 1.44 bits per heavy atom. The molecule has 16 heavy (non-hydrogen) atoms. The maximum Gasteiger partial charge on any atom is 0.210 e. The third-order valence-electron chi connectivity index (χ3n) is 3.23. The van der Waals surface area contributed by atoms with Crippen LogP contribution in [0.4, 0.5) is 0 Å². The summed E-state index contributed by atoms with van der Waals surface area (Å²) in [5, 5.41) is 10.00. The van der Waals surface area contributed by atoms with Crippen molar-refractivity contribution in [2.45, 2.75) is 48.7 Å². The van der Waals surface area contributed by atoms with Crippen LogP contribution in [0.15, 0.2) is 5.16 Å². The lowest BCUT2D eigenvalue weighted by atomic mass is 9.95. The summed E-state index contributed by atoms with van der Waals surface area (Å²) >= 11 is 1.86. The van der Waals surface area contributed by atoms with E-state index in [1.165, 1.54) is 25.7 Å². The van der Waals surface area contributed by atoms with Crippen LogP contribution in [0.2, 0.25) is 0 Å². The van der Waals surface area contributed by atoms with Gasteiger partial charge in [-0.3, -0.25) is 0 Å². The van der Waals surface area contributed by atoms with Gasteiger partial charge in [-0.15, -0.1) is 10.2 Å². The lowest BCUT2D eigenvalue weighted by molar-refractivity contribution is 0.174. The molecule has 3 rings (SSSR count). The second-order valence-corrected chi connectivity index (χ2v) is 5.55. The number of fused-ring (bicyclic) bond motifs is 2. The van der Waals surface area contributed by atoms with Gasteiger partial charge in [-0.2, -0.15) is 0 Å². The van der Waals surface area contributed by atoms with Crippen molar-refractivity contribution in [2.75, 3.05) is 12.5 Å². The minimum absolute atomic E-state index is 0.512. The molecule has 1 aliphatic carbocycles. The molecule has 0 spiro atoms. The second-order valence-electron chi connectivity index (χ2n) is 4.34. The van der Waals surface area contributed by atoms with Crippen LogP contribution in [-0.2, 0) is 11.3 Å². The highest BCUT2D eigenvalue weighted by Crippen LogP contribution is 2.36. The molecule has 1 N–H and O–H groups in total. The zero-order valence-electron chi connectivity index (χ0n) is 9.35. The van der Waals surface area contributed by atoms with Crippen molar-refractivity contribution in [2.24, 2.45) is 0 Å². The Bertz CT molecular complexity index is 381. The minimum Gasteiger partial charge on any atom is -0.377 e. The van der Waals surface area contributed by atoms with E-state index in [0.29, 0.717) is 17.9 Å². The number of nitrogens with one attached hydrogen (secondary N) is 1. The van der Waals surface area contributed by atoms with Crippen LogP contribution in [0.3, 0.4) is 0 Å². The normalized spacial score (nSPS) is 28.1. The fourth-order valence-electron chi connectivity index (χ4n) is 2.42. The molecule has 1 aromatic rings. The third kappa shape index (κ3) is 1.69. The third-order valence-corrected chi connectivity index (χ3v) is 4.57. The molecule has 2 atom stereocenters. The Kier molecular flexibility index (Phi) is 2.77. The van der Waals surface area contributed by atoms with E-state index >= 15 is 0 Å². The first-order valence-corrected chi connectivity index (χ1v) is 6.63. The van der Waals surface area contributed by atoms with Crippen molar-refractivity contribution >= 4 is 11.8 Å². The van der Waals surface area contributed by atoms with Gasteiger partial charge in [0.2, 0.25) is 5.16 Å². The second kappa shape index (κ2) is 4.25. The molecule has 88 valence electrons. The van der Waals surface area contributed by atoms with Crippen molar-refractivity contribution < 1.29 is 4.74 Å². The highest BCUT2D eigenvalue weighted by molar-refractivity contribution is 7.99. The van der Waals surface area contributed by atoms with Gasteiger partial charge < -0.3 is 10.2 Å². The number of aromatic nitrogens is 3. The smallest absolute Gasteiger partial charge is 0.210 e. The molecule has 0 amide bonds. The molecule has 6 heteroatoms. The predicted octanol–water partition coefficient (Wildman–Crippen LogP) is 1.38. The highest BCUT2D eigenvalue weighted by Gasteiger charge is 2.33. The molecular weight excluding hydrogens is 224 g/mol. The van der Waals surface area contributed by atoms with Crippen LogP contribution in [0, 0.1) is 0 Å². The van der Waals surface area contributed by atoms with Gasteiger partial charge in [0.25, 0.3) is 0 Å². The summed E-state index contributed by atoms with van der Waals surface area (Å²) in [5.74, 6) is 0.869. The largest absolute Gasteiger partial charge is 0.377 e. The summed E-state index contributed by atoms with van der Waals surface area (Å²) in [6, 6.07) is 0.567. The molecule has 2 unspecified atom stereocenters. The van der Waals surface area contributed by atoms with Gasteiger partial charge in [-0.25, -0.2) is 4.68 Å². The van der Waals surface area contributed by atoms with Gasteiger partial charge in [0.15, 0.2) is 5.82 Å². The highest BCUT2D eigenvalue weighted by atomic mass is 32.2. The fraction of sp³-hybridized carbons (Fsp3) is 0.800. The van der Waals surface area contributed by atoms with E-state index in [9.17, 15) is 0 Å². The van der Waals surface area contributed by atoms with Gasteiger partial charge in [-0.1, -0.05) is 24.6 Å². The molecular formula is C10H16N4OS. The SMILES string of the molecule is COCc1nnc2n1NC1CCCCC1S2. The summed E-state index contributed by atoms with van der Waals surface area (Å²) in [4.78, 5) is 0. The summed E-state index contributed by atoms with van der Waals surface area (Å²) in [6.07, 6.45) is 5.21. The molecule has 0 saturated heterocycles. The topological polar surface area (TPSA) is 52.0 Å². The van der Waals surface area contributed by atoms with Crippen molar-refractivity contribution in [3.8, 4) is 0 Å². The van der Waals surface area contributed by atoms with E-state index in [4.69, 9.17) is 4.74 Å². The van der Waals surface area contributed by atoms with E-state index in [1.54, 1.807) is 7.11 Å². The number of ether oxygens (including phenoxy) is 1. The number of thioether (sulfide) groups is 1. The van der Waals surface area contributed by atoms with Crippen molar-refractivity contribution in [1.82, 2.24) is 14.9 Å². The Morgan fingerprint density at radius 2 is 2.31 bits per heavy atom. The first-order valence-electron chi connectivity index (χ1n) is 5.75. The first kappa shape index (κ1) is 10.4. The molecule has 2 heterocycles. The molecule has 1 fully saturated rings. The van der Waals surface area contributed by atoms with Crippen LogP contribution in [0.25, 0.3) is 0 Å². The maximum atomic E-state index is 5.12. The van der Waals surface area contributed by atoms with Crippen LogP contribution in [0.5, 0.6) is 0 Å². The minimum atomic E-state index is 0.512. The van der Waals surface area contributed by atoms with Gasteiger partial charge in [0.05, 0.1) is 6.04 Å². The van der Waals surface area contributed by atoms with Gasteiger partial charge in [0.1, 0.15) is 6.61 Å². The molecule has 2 aliphatic rings. The van der Waals surface area contributed by atoms with Crippen LogP contribution < -0.4 is 5.43 Å². The maximum absolute atomic E-state index is 5.12. The summed E-state index contributed by atoms with van der Waals surface area (Å²) in [7, 11) is 1.68. The Balaban J connectivity index is 1.85. The van der Waals surface area contributed by atoms with Gasteiger partial charge in [0, 0.05) is 12.4 Å². The van der Waals surface area contributed by atoms with Gasteiger partial charge in [-0.05, 0) is 12.8 Å². The van der Waals surface area contributed by atoms with Crippen molar-refractivity contribution in [3.63, 3.8) is 0 Å². The lowest BCUT2D eigenvalue weighted by Crippen LogP contribution is -2.43. The average Bonchev–Trinajstić information content (AvgIpc) is 2.70. The molecule has 5 nitrogen and oxygen atoms in total. The van der Waals surface area contributed by atoms with Crippen LogP contribution >= 0.6 is 11.8 Å². The van der Waals surface area contributed by atoms with E-state index in [0.717, 1.165) is 11.0 Å². The Labute approximate surface area is 98.9 Å². The quantitative estimate of drug-likeness (QED) is 0.846. The van der Waals surface area contributed by atoms with E-state index in [-0.39, 0.29) is 0 Å². The Hall–Kier alpha value is -0.750. The zero-order chi connectivity index (χ0) is 11.0.